The number of carboxylic acid groups (broad SMARTS) is 2. The average Bonchev–Trinajstić information content (AvgIpc) is 2.98. The van der Waals surface area contributed by atoms with Gasteiger partial charge in [-0.3, -0.25) is 14.9 Å². The van der Waals surface area contributed by atoms with E-state index in [9.17, 15) is 19.8 Å². The van der Waals surface area contributed by atoms with Gasteiger partial charge in [-0.05, 0) is 36.1 Å². The first-order valence-corrected chi connectivity index (χ1v) is 9.57. The molecule has 1 heterocycles. The van der Waals surface area contributed by atoms with Crippen LogP contribution in [0.15, 0.2) is 30.7 Å². The van der Waals surface area contributed by atoms with Crippen molar-refractivity contribution in [1.29, 1.82) is 0 Å². The van der Waals surface area contributed by atoms with Crippen LogP contribution < -0.4 is 5.32 Å². The van der Waals surface area contributed by atoms with Crippen LogP contribution in [0, 0.1) is 5.92 Å². The van der Waals surface area contributed by atoms with Gasteiger partial charge in [-0.15, -0.1) is 0 Å². The number of hydrogen-bond acceptors (Lipinski definition) is 4. The van der Waals surface area contributed by atoms with Crippen LogP contribution in [0.1, 0.15) is 31.5 Å². The molecule has 0 bridgehead atoms. The summed E-state index contributed by atoms with van der Waals surface area (Å²) in [5, 5.41) is 22.7. The van der Waals surface area contributed by atoms with E-state index in [0.29, 0.717) is 28.7 Å². The molecule has 3 N–H and O–H groups in total. The second kappa shape index (κ2) is 9.91. The van der Waals surface area contributed by atoms with Gasteiger partial charge in [0.2, 0.25) is 0 Å². The summed E-state index contributed by atoms with van der Waals surface area (Å²) in [5.41, 5.74) is 1.50. The lowest BCUT2D eigenvalue weighted by molar-refractivity contribution is -0.142. The number of carbonyl (C=O) groups is 2. The first kappa shape index (κ1) is 22.2. The summed E-state index contributed by atoms with van der Waals surface area (Å²) in [5.74, 6) is -2.07. The van der Waals surface area contributed by atoms with E-state index in [4.69, 9.17) is 23.2 Å². The summed E-state index contributed by atoms with van der Waals surface area (Å²) in [6, 6.07) is 3.18. The Kier molecular flexibility index (Phi) is 7.86. The van der Waals surface area contributed by atoms with Gasteiger partial charge in [-0.25, -0.2) is 4.98 Å². The molecule has 2 atom stereocenters. The van der Waals surface area contributed by atoms with Crippen LogP contribution in [-0.4, -0.2) is 43.8 Å². The van der Waals surface area contributed by atoms with E-state index in [2.05, 4.69) is 10.3 Å². The van der Waals surface area contributed by atoms with Gasteiger partial charge >= 0.3 is 11.9 Å². The smallest absolute Gasteiger partial charge is 0.321 e. The molecule has 1 aromatic heterocycles. The zero-order valence-electron chi connectivity index (χ0n) is 15.6. The molecule has 152 valence electrons. The van der Waals surface area contributed by atoms with E-state index in [0.717, 1.165) is 5.56 Å². The molecule has 0 aliphatic carbocycles. The van der Waals surface area contributed by atoms with E-state index >= 15 is 0 Å². The Morgan fingerprint density at radius 3 is 2.25 bits per heavy atom. The van der Waals surface area contributed by atoms with Crippen molar-refractivity contribution >= 4 is 35.1 Å². The van der Waals surface area contributed by atoms with Crippen LogP contribution in [0.25, 0.3) is 0 Å². The second-order valence-electron chi connectivity index (χ2n) is 7.07. The van der Waals surface area contributed by atoms with Crippen molar-refractivity contribution < 1.29 is 19.8 Å². The second-order valence-corrected chi connectivity index (χ2v) is 7.95. The third-order valence-electron chi connectivity index (χ3n) is 4.19. The van der Waals surface area contributed by atoms with E-state index in [1.807, 2.05) is 13.8 Å². The van der Waals surface area contributed by atoms with Gasteiger partial charge in [-0.1, -0.05) is 37.0 Å². The number of nitrogens with one attached hydrogen (secondary N) is 1. The Bertz CT molecular complexity index is 818. The predicted octanol–water partition coefficient (Wildman–Crippen LogP) is 3.32. The first-order valence-electron chi connectivity index (χ1n) is 8.81. The predicted molar refractivity (Wildman–Crippen MR) is 107 cm³/mol. The lowest BCUT2D eigenvalue weighted by Crippen LogP contribution is -2.49. The molecule has 0 aliphatic heterocycles. The lowest BCUT2D eigenvalue weighted by Gasteiger charge is -2.22. The van der Waals surface area contributed by atoms with Crippen LogP contribution in [0.3, 0.4) is 0 Å². The topological polar surface area (TPSA) is 104 Å². The molecule has 2 aromatic rings. The quantitative estimate of drug-likeness (QED) is 0.536. The Labute approximate surface area is 173 Å². The summed E-state index contributed by atoms with van der Waals surface area (Å²) < 4.78 is 1.79. The Hall–Kier alpha value is -2.09. The summed E-state index contributed by atoms with van der Waals surface area (Å²) >= 11 is 12.1. The number of rotatable bonds is 10. The zero-order chi connectivity index (χ0) is 20.8. The summed E-state index contributed by atoms with van der Waals surface area (Å²) in [4.78, 5) is 27.3. The molecule has 0 radical (unpaired) electrons. The van der Waals surface area contributed by atoms with Crippen molar-refractivity contribution in [2.75, 3.05) is 0 Å². The SMILES string of the molecule is CC(C)CC(N[C@@H](Cc1cncn1Cc1cc(Cl)cc(Cl)c1)C(=O)O)C(=O)O. The fourth-order valence-corrected chi connectivity index (χ4v) is 3.51. The molecule has 0 saturated heterocycles. The molecule has 9 heteroatoms. The van der Waals surface area contributed by atoms with Crippen molar-refractivity contribution in [3.63, 3.8) is 0 Å². The maximum absolute atomic E-state index is 11.7. The van der Waals surface area contributed by atoms with Crippen LogP contribution in [0.4, 0.5) is 0 Å². The highest BCUT2D eigenvalue weighted by Gasteiger charge is 2.27. The van der Waals surface area contributed by atoms with Crippen molar-refractivity contribution in [2.45, 2.75) is 45.3 Å². The number of nitrogens with zero attached hydrogens (tertiary/aromatic N) is 2. The highest BCUT2D eigenvalue weighted by atomic mass is 35.5. The maximum atomic E-state index is 11.7. The third kappa shape index (κ3) is 6.51. The van der Waals surface area contributed by atoms with Gasteiger partial charge in [0.05, 0.1) is 6.33 Å². The van der Waals surface area contributed by atoms with Gasteiger partial charge in [0.1, 0.15) is 12.1 Å². The van der Waals surface area contributed by atoms with Crippen LogP contribution in [0.5, 0.6) is 0 Å². The third-order valence-corrected chi connectivity index (χ3v) is 4.63. The fourth-order valence-electron chi connectivity index (χ4n) is 2.94. The van der Waals surface area contributed by atoms with E-state index in [-0.39, 0.29) is 12.3 Å². The zero-order valence-corrected chi connectivity index (χ0v) is 17.1. The number of aliphatic carboxylic acids is 2. The number of aromatic nitrogens is 2. The minimum absolute atomic E-state index is 0.0888. The lowest BCUT2D eigenvalue weighted by atomic mass is 10.0. The summed E-state index contributed by atoms with van der Waals surface area (Å²) in [6.07, 6.45) is 3.58. The van der Waals surface area contributed by atoms with Gasteiger partial charge in [0.25, 0.3) is 0 Å². The number of hydrogen-bond donors (Lipinski definition) is 3. The largest absolute Gasteiger partial charge is 0.480 e. The molecular formula is C19H23Cl2N3O4. The Morgan fingerprint density at radius 2 is 1.71 bits per heavy atom. The van der Waals surface area contributed by atoms with Gasteiger partial charge in [0, 0.05) is 34.9 Å². The van der Waals surface area contributed by atoms with Crippen molar-refractivity contribution in [1.82, 2.24) is 14.9 Å². The van der Waals surface area contributed by atoms with E-state index < -0.39 is 24.0 Å². The van der Waals surface area contributed by atoms with Gasteiger partial charge < -0.3 is 14.8 Å². The minimum Gasteiger partial charge on any atom is -0.480 e. The molecule has 0 amide bonds. The fraction of sp³-hybridized carbons (Fsp3) is 0.421. The number of carboxylic acids is 2. The number of benzene rings is 1. The Balaban J connectivity index is 2.17. The first-order chi connectivity index (χ1) is 13.2. The Morgan fingerprint density at radius 1 is 1.11 bits per heavy atom. The van der Waals surface area contributed by atoms with Crippen LogP contribution >= 0.6 is 23.2 Å². The van der Waals surface area contributed by atoms with Gasteiger partial charge in [0.15, 0.2) is 0 Å². The highest BCUT2D eigenvalue weighted by molar-refractivity contribution is 6.34. The monoisotopic (exact) mass is 427 g/mol. The average molecular weight is 428 g/mol. The molecule has 0 aliphatic rings. The molecule has 7 nitrogen and oxygen atoms in total. The van der Waals surface area contributed by atoms with Crippen LogP contribution in [-0.2, 0) is 22.6 Å². The normalized spacial score (nSPS) is 13.5. The highest BCUT2D eigenvalue weighted by Crippen LogP contribution is 2.20. The molecule has 0 saturated carbocycles. The van der Waals surface area contributed by atoms with E-state index in [1.165, 1.54) is 0 Å². The molecule has 0 fully saturated rings. The maximum Gasteiger partial charge on any atom is 0.321 e. The molecular weight excluding hydrogens is 405 g/mol. The molecule has 0 spiro atoms. The summed E-state index contributed by atoms with van der Waals surface area (Å²) in [6.45, 7) is 4.19. The molecule has 2 rings (SSSR count). The molecule has 1 unspecified atom stereocenters. The number of imidazole rings is 1. The molecule has 28 heavy (non-hydrogen) atoms. The number of halogens is 2. The van der Waals surface area contributed by atoms with Crippen molar-refractivity contribution in [3.05, 3.63) is 52.0 Å². The van der Waals surface area contributed by atoms with E-state index in [1.54, 1.807) is 35.3 Å². The van der Waals surface area contributed by atoms with Crippen molar-refractivity contribution in [2.24, 2.45) is 5.92 Å². The van der Waals surface area contributed by atoms with Crippen molar-refractivity contribution in [3.8, 4) is 0 Å². The van der Waals surface area contributed by atoms with Crippen LogP contribution in [0.2, 0.25) is 10.0 Å². The van der Waals surface area contributed by atoms with Gasteiger partial charge in [-0.2, -0.15) is 0 Å². The minimum atomic E-state index is -1.12. The standard InChI is InChI=1S/C19H23Cl2N3O4/c1-11(2)3-16(18(25)26)23-17(19(27)28)7-15-8-22-10-24(15)9-12-4-13(20)6-14(21)5-12/h4-6,8,10-11,16-17,23H,3,7,9H2,1-2H3,(H,25,26)(H,27,28)/t16?,17-/m0/s1. The molecule has 1 aromatic carbocycles. The summed E-state index contributed by atoms with van der Waals surface area (Å²) in [7, 11) is 0.